The summed E-state index contributed by atoms with van der Waals surface area (Å²) in [6, 6.07) is 0. The van der Waals surface area contributed by atoms with Crippen LogP contribution in [-0.4, -0.2) is 0 Å². The Labute approximate surface area is 75.7 Å². The Hall–Kier alpha value is 0. The molecule has 0 aromatic carbocycles. The molecule has 0 saturated heterocycles. The first-order valence-corrected chi connectivity index (χ1v) is 5.57. The second-order valence-corrected chi connectivity index (χ2v) is 6.30. The predicted molar refractivity (Wildman–Crippen MR) is 50.8 cm³/mol. The Kier molecular flexibility index (Phi) is 1.09. The molecular formula is C12H20. The molecule has 0 heterocycles. The smallest absolute Gasteiger partial charge is 0.0184 e. The average molecular weight is 164 g/mol. The third-order valence-electron chi connectivity index (χ3n) is 5.36. The molecule has 0 amide bonds. The van der Waals surface area contributed by atoms with Gasteiger partial charge in [-0.15, -0.1) is 0 Å². The molecule has 4 aliphatic carbocycles. The van der Waals surface area contributed by atoms with E-state index in [-0.39, 0.29) is 0 Å². The maximum atomic E-state index is 2.47. The van der Waals surface area contributed by atoms with Gasteiger partial charge in [0, 0.05) is 0 Å². The van der Waals surface area contributed by atoms with Crippen LogP contribution in [0.4, 0.5) is 0 Å². The molecule has 0 heteroatoms. The summed E-state index contributed by atoms with van der Waals surface area (Å²) >= 11 is 0. The lowest BCUT2D eigenvalue weighted by molar-refractivity contribution is -0.334. The third-order valence-corrected chi connectivity index (χ3v) is 5.36. The molecule has 0 nitrogen and oxygen atoms in total. The SMILES string of the molecule is CC(C)(C)C12CC3C1CCCC32. The fraction of sp³-hybridized carbons (Fsp3) is 1.00. The molecule has 2 unspecified atom stereocenters. The van der Waals surface area contributed by atoms with Crippen molar-refractivity contribution in [2.24, 2.45) is 28.6 Å². The number of hydrogen-bond donors (Lipinski definition) is 0. The Morgan fingerprint density at radius 1 is 1.08 bits per heavy atom. The average Bonchev–Trinajstić information content (AvgIpc) is 1.80. The molecule has 4 saturated carbocycles. The van der Waals surface area contributed by atoms with Gasteiger partial charge in [-0.05, 0) is 47.8 Å². The van der Waals surface area contributed by atoms with Crippen molar-refractivity contribution in [3.05, 3.63) is 0 Å². The summed E-state index contributed by atoms with van der Waals surface area (Å²) in [4.78, 5) is 0. The van der Waals surface area contributed by atoms with Crippen LogP contribution in [-0.2, 0) is 0 Å². The van der Waals surface area contributed by atoms with Gasteiger partial charge in [0.05, 0.1) is 0 Å². The van der Waals surface area contributed by atoms with E-state index < -0.39 is 0 Å². The highest BCUT2D eigenvalue weighted by molar-refractivity contribution is 5.24. The molecule has 0 aliphatic heterocycles. The molecule has 0 aromatic rings. The zero-order valence-corrected chi connectivity index (χ0v) is 8.56. The second-order valence-electron chi connectivity index (χ2n) is 6.30. The minimum absolute atomic E-state index is 0.595. The number of rotatable bonds is 0. The van der Waals surface area contributed by atoms with E-state index in [1.54, 1.807) is 19.3 Å². The molecule has 12 heavy (non-hydrogen) atoms. The monoisotopic (exact) mass is 164 g/mol. The standard InChI is InChI=1S/C12H20/c1-11(2,3)12-7-8-9(12)5-4-6-10(8)12/h8-10H,4-7H2,1-3H3. The Bertz CT molecular complexity index is 209. The first kappa shape index (κ1) is 7.41. The molecule has 4 aliphatic rings. The van der Waals surface area contributed by atoms with E-state index in [1.807, 2.05) is 0 Å². The summed E-state index contributed by atoms with van der Waals surface area (Å²) in [5.74, 6) is 3.48. The van der Waals surface area contributed by atoms with Gasteiger partial charge in [0.1, 0.15) is 0 Å². The van der Waals surface area contributed by atoms with E-state index in [2.05, 4.69) is 20.8 Å². The van der Waals surface area contributed by atoms with Crippen LogP contribution >= 0.6 is 0 Å². The fourth-order valence-corrected chi connectivity index (χ4v) is 4.78. The van der Waals surface area contributed by atoms with Gasteiger partial charge >= 0.3 is 0 Å². The normalized spacial score (nSPS) is 55.8. The van der Waals surface area contributed by atoms with Crippen molar-refractivity contribution >= 4 is 0 Å². The molecule has 4 rings (SSSR count). The molecule has 4 fully saturated rings. The quantitative estimate of drug-likeness (QED) is 0.514. The van der Waals surface area contributed by atoms with Gasteiger partial charge in [-0.2, -0.15) is 0 Å². The molecule has 0 spiro atoms. The van der Waals surface area contributed by atoms with Crippen molar-refractivity contribution in [2.45, 2.75) is 46.5 Å². The van der Waals surface area contributed by atoms with E-state index in [4.69, 9.17) is 0 Å². The van der Waals surface area contributed by atoms with Crippen molar-refractivity contribution < 1.29 is 0 Å². The van der Waals surface area contributed by atoms with E-state index in [0.29, 0.717) is 5.41 Å². The lowest BCUT2D eigenvalue weighted by atomic mass is 9.23. The lowest BCUT2D eigenvalue weighted by Gasteiger charge is -2.82. The van der Waals surface area contributed by atoms with Crippen molar-refractivity contribution in [3.63, 3.8) is 0 Å². The minimum atomic E-state index is 0.595. The highest BCUT2D eigenvalue weighted by atomic mass is 14.8. The van der Waals surface area contributed by atoms with E-state index >= 15 is 0 Å². The van der Waals surface area contributed by atoms with Crippen LogP contribution in [0.3, 0.4) is 0 Å². The summed E-state index contributed by atoms with van der Waals surface area (Å²) in [5, 5.41) is 0. The van der Waals surface area contributed by atoms with Crippen LogP contribution in [0.1, 0.15) is 46.5 Å². The van der Waals surface area contributed by atoms with Gasteiger partial charge in [-0.25, -0.2) is 0 Å². The van der Waals surface area contributed by atoms with E-state index in [9.17, 15) is 0 Å². The minimum Gasteiger partial charge on any atom is -0.0596 e. The van der Waals surface area contributed by atoms with Crippen LogP contribution in [0.25, 0.3) is 0 Å². The van der Waals surface area contributed by atoms with Gasteiger partial charge in [-0.3, -0.25) is 0 Å². The van der Waals surface area contributed by atoms with Crippen LogP contribution in [0, 0.1) is 28.6 Å². The van der Waals surface area contributed by atoms with Crippen LogP contribution in [0.15, 0.2) is 0 Å². The van der Waals surface area contributed by atoms with E-state index in [0.717, 1.165) is 17.3 Å². The summed E-state index contributed by atoms with van der Waals surface area (Å²) < 4.78 is 0. The van der Waals surface area contributed by atoms with Crippen LogP contribution < -0.4 is 0 Å². The van der Waals surface area contributed by atoms with Gasteiger partial charge in [0.2, 0.25) is 0 Å². The zero-order valence-electron chi connectivity index (χ0n) is 8.56. The molecule has 4 bridgehead atoms. The van der Waals surface area contributed by atoms with Crippen molar-refractivity contribution in [3.8, 4) is 0 Å². The Morgan fingerprint density at radius 2 is 1.67 bits per heavy atom. The second kappa shape index (κ2) is 1.76. The summed E-state index contributed by atoms with van der Waals surface area (Å²) in [7, 11) is 0. The summed E-state index contributed by atoms with van der Waals surface area (Å²) in [6.45, 7) is 7.40. The van der Waals surface area contributed by atoms with Crippen molar-refractivity contribution in [2.75, 3.05) is 0 Å². The van der Waals surface area contributed by atoms with Gasteiger partial charge in [0.25, 0.3) is 0 Å². The fourth-order valence-electron chi connectivity index (χ4n) is 4.78. The van der Waals surface area contributed by atoms with Gasteiger partial charge < -0.3 is 0 Å². The Balaban J connectivity index is 1.94. The van der Waals surface area contributed by atoms with Crippen LogP contribution in [0.5, 0.6) is 0 Å². The lowest BCUT2D eigenvalue weighted by Crippen LogP contribution is -2.75. The molecular weight excluding hydrogens is 144 g/mol. The highest BCUT2D eigenvalue weighted by Crippen LogP contribution is 2.82. The largest absolute Gasteiger partial charge is 0.0596 e. The predicted octanol–water partition coefficient (Wildman–Crippen LogP) is 3.47. The molecule has 0 radical (unpaired) electrons. The molecule has 2 atom stereocenters. The maximum Gasteiger partial charge on any atom is -0.0184 e. The first-order valence-electron chi connectivity index (χ1n) is 5.57. The molecule has 68 valence electrons. The Morgan fingerprint density at radius 3 is 1.92 bits per heavy atom. The van der Waals surface area contributed by atoms with Crippen molar-refractivity contribution in [1.82, 2.24) is 0 Å². The summed E-state index contributed by atoms with van der Waals surface area (Å²) in [6.07, 6.45) is 6.21. The van der Waals surface area contributed by atoms with Gasteiger partial charge in [-0.1, -0.05) is 27.2 Å². The molecule has 0 aromatic heterocycles. The topological polar surface area (TPSA) is 0 Å². The van der Waals surface area contributed by atoms with E-state index in [1.165, 1.54) is 12.3 Å². The first-order chi connectivity index (χ1) is 5.57. The summed E-state index contributed by atoms with van der Waals surface area (Å²) in [5.41, 5.74) is 1.41. The van der Waals surface area contributed by atoms with Crippen LogP contribution in [0.2, 0.25) is 0 Å². The van der Waals surface area contributed by atoms with Crippen molar-refractivity contribution in [1.29, 1.82) is 0 Å². The maximum absolute atomic E-state index is 2.47. The zero-order chi connectivity index (χ0) is 8.56. The highest BCUT2D eigenvalue weighted by Gasteiger charge is 2.76. The number of hydrogen-bond acceptors (Lipinski definition) is 0. The molecule has 0 N–H and O–H groups in total. The third kappa shape index (κ3) is 0.506. The van der Waals surface area contributed by atoms with Gasteiger partial charge in [0.15, 0.2) is 0 Å².